The van der Waals surface area contributed by atoms with E-state index < -0.39 is 24.0 Å². The van der Waals surface area contributed by atoms with Crippen LogP contribution in [0.1, 0.15) is 24.0 Å². The van der Waals surface area contributed by atoms with Gasteiger partial charge >= 0.3 is 5.97 Å². The van der Waals surface area contributed by atoms with Crippen LogP contribution in [0.3, 0.4) is 0 Å². The third-order valence-corrected chi connectivity index (χ3v) is 4.05. The number of hydrogen-bond acceptors (Lipinski definition) is 4. The van der Waals surface area contributed by atoms with Crippen molar-refractivity contribution in [2.45, 2.75) is 38.4 Å². The summed E-state index contributed by atoms with van der Waals surface area (Å²) in [6.07, 6.45) is 0.668. The molecule has 0 saturated carbocycles. The van der Waals surface area contributed by atoms with Gasteiger partial charge in [0, 0.05) is 20.1 Å². The number of hydrogen-bond donors (Lipinski definition) is 2. The highest BCUT2D eigenvalue weighted by Gasteiger charge is 2.37. The van der Waals surface area contributed by atoms with Gasteiger partial charge in [0.25, 0.3) is 0 Å². The topological polar surface area (TPSA) is 95.9 Å². The van der Waals surface area contributed by atoms with Crippen molar-refractivity contribution >= 4 is 17.8 Å². The Kier molecular flexibility index (Phi) is 5.92. The summed E-state index contributed by atoms with van der Waals surface area (Å²) in [5, 5.41) is 11.5. The summed E-state index contributed by atoms with van der Waals surface area (Å²) < 4.78 is 4.81. The van der Waals surface area contributed by atoms with Crippen LogP contribution in [-0.2, 0) is 25.7 Å². The second-order valence-electron chi connectivity index (χ2n) is 5.92. The predicted molar refractivity (Wildman–Crippen MR) is 86.2 cm³/mol. The highest BCUT2D eigenvalue weighted by Crippen LogP contribution is 2.22. The van der Waals surface area contributed by atoms with E-state index in [1.165, 1.54) is 12.0 Å². The molecular weight excluding hydrogens is 312 g/mol. The van der Waals surface area contributed by atoms with E-state index in [1.807, 2.05) is 31.2 Å². The van der Waals surface area contributed by atoms with E-state index in [4.69, 9.17) is 9.84 Å². The van der Waals surface area contributed by atoms with E-state index in [9.17, 15) is 14.4 Å². The van der Waals surface area contributed by atoms with Gasteiger partial charge in [-0.25, -0.2) is 4.79 Å². The summed E-state index contributed by atoms with van der Waals surface area (Å²) in [5.41, 5.74) is 2.05. The number of carbonyl (C=O) groups excluding carboxylic acids is 2. The molecule has 0 aliphatic carbocycles. The Labute approximate surface area is 140 Å². The van der Waals surface area contributed by atoms with Gasteiger partial charge in [-0.3, -0.25) is 9.59 Å². The number of rotatable bonds is 7. The van der Waals surface area contributed by atoms with E-state index in [0.29, 0.717) is 13.0 Å². The average molecular weight is 334 g/mol. The SMILES string of the molecule is COCC(NC(=O)C1CCC(=O)N1Cc1ccc(C)cc1)C(=O)O. The monoisotopic (exact) mass is 334 g/mol. The lowest BCUT2D eigenvalue weighted by Crippen LogP contribution is -2.51. The average Bonchev–Trinajstić information content (AvgIpc) is 2.90. The number of nitrogens with zero attached hydrogens (tertiary/aromatic N) is 1. The van der Waals surface area contributed by atoms with E-state index in [2.05, 4.69) is 5.32 Å². The molecule has 1 heterocycles. The molecule has 1 aromatic carbocycles. The summed E-state index contributed by atoms with van der Waals surface area (Å²) in [6, 6.07) is 5.95. The molecule has 1 fully saturated rings. The zero-order valence-corrected chi connectivity index (χ0v) is 13.8. The first-order chi connectivity index (χ1) is 11.4. The molecule has 0 spiro atoms. The number of carboxylic acids is 1. The summed E-state index contributed by atoms with van der Waals surface area (Å²) in [5.74, 6) is -1.73. The first-order valence-corrected chi connectivity index (χ1v) is 7.79. The molecule has 1 aromatic rings. The lowest BCUT2D eigenvalue weighted by Gasteiger charge is -2.25. The standard InChI is InChI=1S/C17H22N2O5/c1-11-3-5-12(6-4-11)9-19-14(7-8-15(19)20)16(21)18-13(10-24-2)17(22)23/h3-6,13-14H,7-10H2,1-2H3,(H,18,21)(H,22,23). The molecule has 7 heteroatoms. The lowest BCUT2D eigenvalue weighted by molar-refractivity contribution is -0.144. The van der Waals surface area contributed by atoms with Crippen molar-refractivity contribution in [2.24, 2.45) is 0 Å². The normalized spacial score (nSPS) is 18.5. The Morgan fingerprint density at radius 3 is 2.62 bits per heavy atom. The maximum absolute atomic E-state index is 12.4. The van der Waals surface area contributed by atoms with Crippen molar-refractivity contribution in [3.05, 3.63) is 35.4 Å². The van der Waals surface area contributed by atoms with Crippen LogP contribution in [0.4, 0.5) is 0 Å². The smallest absolute Gasteiger partial charge is 0.328 e. The minimum atomic E-state index is -1.17. The summed E-state index contributed by atoms with van der Waals surface area (Å²) in [7, 11) is 1.37. The fourth-order valence-electron chi connectivity index (χ4n) is 2.70. The maximum atomic E-state index is 12.4. The number of nitrogens with one attached hydrogen (secondary N) is 1. The molecule has 2 unspecified atom stereocenters. The van der Waals surface area contributed by atoms with Gasteiger partial charge in [-0.2, -0.15) is 0 Å². The van der Waals surface area contributed by atoms with Gasteiger partial charge in [0.2, 0.25) is 11.8 Å². The van der Waals surface area contributed by atoms with Crippen LogP contribution in [0.25, 0.3) is 0 Å². The van der Waals surface area contributed by atoms with Crippen LogP contribution in [0.15, 0.2) is 24.3 Å². The molecule has 1 saturated heterocycles. The molecule has 2 rings (SSSR count). The first kappa shape index (κ1) is 17.9. The number of likely N-dealkylation sites (tertiary alicyclic amines) is 1. The largest absolute Gasteiger partial charge is 0.480 e. The minimum absolute atomic E-state index is 0.102. The van der Waals surface area contributed by atoms with Gasteiger partial charge in [-0.1, -0.05) is 29.8 Å². The Morgan fingerprint density at radius 1 is 1.38 bits per heavy atom. The number of carboxylic acid groups (broad SMARTS) is 1. The van der Waals surface area contributed by atoms with Gasteiger partial charge in [-0.15, -0.1) is 0 Å². The van der Waals surface area contributed by atoms with E-state index >= 15 is 0 Å². The molecule has 130 valence electrons. The second-order valence-corrected chi connectivity index (χ2v) is 5.92. The number of aliphatic carboxylic acids is 1. The highest BCUT2D eigenvalue weighted by atomic mass is 16.5. The van der Waals surface area contributed by atoms with Crippen molar-refractivity contribution < 1.29 is 24.2 Å². The number of benzene rings is 1. The highest BCUT2D eigenvalue weighted by molar-refractivity contribution is 5.92. The Balaban J connectivity index is 2.07. The summed E-state index contributed by atoms with van der Waals surface area (Å²) in [6.45, 7) is 2.18. The molecule has 0 bridgehead atoms. The van der Waals surface area contributed by atoms with Gasteiger partial charge in [-0.05, 0) is 18.9 Å². The maximum Gasteiger partial charge on any atom is 0.328 e. The van der Waals surface area contributed by atoms with Crippen molar-refractivity contribution in [2.75, 3.05) is 13.7 Å². The number of aryl methyl sites for hydroxylation is 1. The van der Waals surface area contributed by atoms with Gasteiger partial charge in [0.15, 0.2) is 6.04 Å². The van der Waals surface area contributed by atoms with E-state index in [0.717, 1.165) is 11.1 Å². The Bertz CT molecular complexity index is 614. The third kappa shape index (κ3) is 4.32. The van der Waals surface area contributed by atoms with Crippen molar-refractivity contribution in [1.29, 1.82) is 0 Å². The molecule has 0 aromatic heterocycles. The molecule has 1 aliphatic heterocycles. The Hall–Kier alpha value is -2.41. The van der Waals surface area contributed by atoms with Crippen molar-refractivity contribution in [3.8, 4) is 0 Å². The zero-order valence-electron chi connectivity index (χ0n) is 13.8. The van der Waals surface area contributed by atoms with Crippen LogP contribution in [0, 0.1) is 6.92 Å². The quantitative estimate of drug-likeness (QED) is 0.765. The van der Waals surface area contributed by atoms with E-state index in [-0.39, 0.29) is 18.9 Å². The van der Waals surface area contributed by atoms with Crippen molar-refractivity contribution in [1.82, 2.24) is 10.2 Å². The summed E-state index contributed by atoms with van der Waals surface area (Å²) in [4.78, 5) is 37.2. The Morgan fingerprint density at radius 2 is 2.04 bits per heavy atom. The molecule has 2 atom stereocenters. The van der Waals surface area contributed by atoms with Crippen LogP contribution >= 0.6 is 0 Å². The molecule has 7 nitrogen and oxygen atoms in total. The second kappa shape index (κ2) is 7.92. The molecule has 2 N–H and O–H groups in total. The van der Waals surface area contributed by atoms with Gasteiger partial charge < -0.3 is 20.1 Å². The number of amides is 2. The van der Waals surface area contributed by atoms with Crippen LogP contribution < -0.4 is 5.32 Å². The van der Waals surface area contributed by atoms with Gasteiger partial charge in [0.1, 0.15) is 6.04 Å². The van der Waals surface area contributed by atoms with Crippen LogP contribution in [0.5, 0.6) is 0 Å². The summed E-state index contributed by atoms with van der Waals surface area (Å²) >= 11 is 0. The van der Waals surface area contributed by atoms with E-state index in [1.54, 1.807) is 0 Å². The fourth-order valence-corrected chi connectivity index (χ4v) is 2.70. The number of ether oxygens (including phenoxy) is 1. The molecular formula is C17H22N2O5. The third-order valence-electron chi connectivity index (χ3n) is 4.05. The predicted octanol–water partition coefficient (Wildman–Crippen LogP) is 0.702. The fraction of sp³-hybridized carbons (Fsp3) is 0.471. The zero-order chi connectivity index (χ0) is 17.7. The molecule has 2 amide bonds. The molecule has 24 heavy (non-hydrogen) atoms. The number of carbonyl (C=O) groups is 3. The van der Waals surface area contributed by atoms with Crippen molar-refractivity contribution in [3.63, 3.8) is 0 Å². The first-order valence-electron chi connectivity index (χ1n) is 7.79. The molecule has 1 aliphatic rings. The minimum Gasteiger partial charge on any atom is -0.480 e. The van der Waals surface area contributed by atoms with Crippen LogP contribution in [0.2, 0.25) is 0 Å². The lowest BCUT2D eigenvalue weighted by atomic mass is 10.1. The van der Waals surface area contributed by atoms with Gasteiger partial charge in [0.05, 0.1) is 6.61 Å². The number of methoxy groups -OCH3 is 1. The molecule has 0 radical (unpaired) electrons. The van der Waals surface area contributed by atoms with Crippen LogP contribution in [-0.4, -0.2) is 53.6 Å².